The lowest BCUT2D eigenvalue weighted by molar-refractivity contribution is -0.105. The van der Waals surface area contributed by atoms with Crippen molar-refractivity contribution in [3.63, 3.8) is 0 Å². The Balaban J connectivity index is 2.28. The average molecular weight is 220 g/mol. The summed E-state index contributed by atoms with van der Waals surface area (Å²) >= 11 is 1.43. The van der Waals surface area contributed by atoms with Crippen LogP contribution in [0.4, 0.5) is 5.82 Å². The summed E-state index contributed by atoms with van der Waals surface area (Å²) in [5.74, 6) is 0.764. The Hall–Kier alpha value is -1.88. The molecule has 0 atom stereocenters. The van der Waals surface area contributed by atoms with Crippen LogP contribution >= 0.6 is 11.3 Å². The van der Waals surface area contributed by atoms with E-state index in [0.29, 0.717) is 12.2 Å². The van der Waals surface area contributed by atoms with E-state index in [4.69, 9.17) is 5.11 Å². The van der Waals surface area contributed by atoms with Gasteiger partial charge in [-0.2, -0.15) is 0 Å². The molecule has 2 aromatic rings. The van der Waals surface area contributed by atoms with Gasteiger partial charge in [-0.25, -0.2) is 4.98 Å². The second-order valence-electron chi connectivity index (χ2n) is 2.85. The zero-order valence-electron chi connectivity index (χ0n) is 7.68. The minimum absolute atomic E-state index is 0.224. The smallest absolute Gasteiger partial charge is 0.212 e. The van der Waals surface area contributed by atoms with Crippen LogP contribution in [0.15, 0.2) is 29.6 Å². The van der Waals surface area contributed by atoms with E-state index in [1.54, 1.807) is 29.6 Å². The van der Waals surface area contributed by atoms with Crippen LogP contribution in [0.5, 0.6) is 5.75 Å². The second kappa shape index (κ2) is 4.10. The lowest BCUT2D eigenvalue weighted by Gasteiger charge is -1.95. The summed E-state index contributed by atoms with van der Waals surface area (Å²) in [5, 5.41) is 14.2. The monoisotopic (exact) mass is 220 g/mol. The van der Waals surface area contributed by atoms with Crippen LogP contribution < -0.4 is 5.32 Å². The third kappa shape index (κ3) is 2.13. The van der Waals surface area contributed by atoms with Gasteiger partial charge in [-0.05, 0) is 24.3 Å². The maximum Gasteiger partial charge on any atom is 0.212 e. The first kappa shape index (κ1) is 9.67. The Bertz CT molecular complexity index is 465. The molecule has 2 rings (SSSR count). The molecule has 0 radical (unpaired) electrons. The standard InChI is InChI=1S/C10H8N2O2S/c13-6-11-9-5-15-10(12-9)7-1-3-8(14)4-2-7/h1-6,14H,(H,11,13). The molecule has 0 saturated carbocycles. The number of aromatic nitrogens is 1. The summed E-state index contributed by atoms with van der Waals surface area (Å²) in [6.45, 7) is 0. The summed E-state index contributed by atoms with van der Waals surface area (Å²) in [6.07, 6.45) is 0.593. The van der Waals surface area contributed by atoms with Gasteiger partial charge in [0.1, 0.15) is 16.6 Å². The first-order valence-electron chi connectivity index (χ1n) is 4.25. The van der Waals surface area contributed by atoms with E-state index in [9.17, 15) is 4.79 Å². The summed E-state index contributed by atoms with van der Waals surface area (Å²) in [7, 11) is 0. The van der Waals surface area contributed by atoms with E-state index >= 15 is 0 Å². The molecule has 0 aliphatic heterocycles. The van der Waals surface area contributed by atoms with Crippen molar-refractivity contribution in [1.82, 2.24) is 4.98 Å². The number of thiazole rings is 1. The maximum absolute atomic E-state index is 10.2. The van der Waals surface area contributed by atoms with E-state index in [-0.39, 0.29) is 5.75 Å². The number of phenolic OH excluding ortho intramolecular Hbond substituents is 1. The van der Waals surface area contributed by atoms with E-state index in [1.807, 2.05) is 0 Å². The molecule has 0 aliphatic rings. The van der Waals surface area contributed by atoms with Crippen LogP contribution in [0.25, 0.3) is 10.6 Å². The molecule has 4 nitrogen and oxygen atoms in total. The maximum atomic E-state index is 10.2. The van der Waals surface area contributed by atoms with Gasteiger partial charge in [0.2, 0.25) is 6.41 Å². The Kier molecular flexibility index (Phi) is 2.64. The number of hydrogen-bond donors (Lipinski definition) is 2. The van der Waals surface area contributed by atoms with Crippen LogP contribution in [0.3, 0.4) is 0 Å². The van der Waals surface area contributed by atoms with Crippen LogP contribution in [-0.4, -0.2) is 16.5 Å². The van der Waals surface area contributed by atoms with E-state index in [1.165, 1.54) is 11.3 Å². The van der Waals surface area contributed by atoms with Gasteiger partial charge in [-0.1, -0.05) is 0 Å². The van der Waals surface area contributed by atoms with Crippen molar-refractivity contribution in [2.45, 2.75) is 0 Å². The van der Waals surface area contributed by atoms with Gasteiger partial charge in [-0.15, -0.1) is 11.3 Å². The molecule has 1 aromatic carbocycles. The minimum Gasteiger partial charge on any atom is -0.508 e. The van der Waals surface area contributed by atoms with Gasteiger partial charge in [0, 0.05) is 10.9 Å². The highest BCUT2D eigenvalue weighted by atomic mass is 32.1. The molecule has 15 heavy (non-hydrogen) atoms. The predicted octanol–water partition coefficient (Wildman–Crippen LogP) is 2.08. The molecule has 0 bridgehead atoms. The molecule has 0 spiro atoms. The molecule has 1 amide bonds. The first-order chi connectivity index (χ1) is 7.29. The number of hydrogen-bond acceptors (Lipinski definition) is 4. The molecule has 0 saturated heterocycles. The SMILES string of the molecule is O=CNc1csc(-c2ccc(O)cc2)n1. The first-order valence-corrected chi connectivity index (χ1v) is 5.12. The van der Waals surface area contributed by atoms with E-state index < -0.39 is 0 Å². The molecule has 2 N–H and O–H groups in total. The summed E-state index contributed by atoms with van der Waals surface area (Å²) in [5.41, 5.74) is 0.914. The predicted molar refractivity (Wildman–Crippen MR) is 58.9 cm³/mol. The van der Waals surface area contributed by atoms with Gasteiger partial charge in [0.25, 0.3) is 0 Å². The fraction of sp³-hybridized carbons (Fsp3) is 0. The zero-order valence-corrected chi connectivity index (χ0v) is 8.49. The summed E-state index contributed by atoms with van der Waals surface area (Å²) < 4.78 is 0. The van der Waals surface area contributed by atoms with Gasteiger partial charge >= 0.3 is 0 Å². The second-order valence-corrected chi connectivity index (χ2v) is 3.71. The Morgan fingerprint density at radius 2 is 2.07 bits per heavy atom. The minimum atomic E-state index is 0.224. The molecular formula is C10H8N2O2S. The fourth-order valence-corrected chi connectivity index (χ4v) is 1.90. The fourth-order valence-electron chi connectivity index (χ4n) is 1.14. The Labute approximate surface area is 90.2 Å². The zero-order chi connectivity index (χ0) is 10.7. The van der Waals surface area contributed by atoms with E-state index in [0.717, 1.165) is 10.6 Å². The number of anilines is 1. The quantitative estimate of drug-likeness (QED) is 0.778. The topological polar surface area (TPSA) is 62.2 Å². The third-order valence-corrected chi connectivity index (χ3v) is 2.72. The molecule has 5 heteroatoms. The number of nitrogens with zero attached hydrogens (tertiary/aromatic N) is 1. The molecule has 1 heterocycles. The highest BCUT2D eigenvalue weighted by molar-refractivity contribution is 7.13. The van der Waals surface area contributed by atoms with Crippen molar-refractivity contribution in [1.29, 1.82) is 0 Å². The van der Waals surface area contributed by atoms with Gasteiger partial charge < -0.3 is 10.4 Å². The number of amides is 1. The number of carbonyl (C=O) groups is 1. The van der Waals surface area contributed by atoms with E-state index in [2.05, 4.69) is 10.3 Å². The number of carbonyl (C=O) groups excluding carboxylic acids is 1. The third-order valence-electron chi connectivity index (χ3n) is 1.83. The number of aromatic hydroxyl groups is 1. The van der Waals surface area contributed by atoms with Gasteiger partial charge in [0.05, 0.1) is 0 Å². The molecule has 76 valence electrons. The summed E-state index contributed by atoms with van der Waals surface area (Å²) in [6, 6.07) is 6.75. The Morgan fingerprint density at radius 3 is 2.73 bits per heavy atom. The highest BCUT2D eigenvalue weighted by Gasteiger charge is 2.03. The Morgan fingerprint density at radius 1 is 1.33 bits per heavy atom. The molecule has 1 aromatic heterocycles. The van der Waals surface area contributed by atoms with Crippen molar-refractivity contribution < 1.29 is 9.90 Å². The van der Waals surface area contributed by atoms with Crippen molar-refractivity contribution >= 4 is 23.6 Å². The van der Waals surface area contributed by atoms with Crippen LogP contribution in [0.2, 0.25) is 0 Å². The number of nitrogens with one attached hydrogen (secondary N) is 1. The lowest BCUT2D eigenvalue weighted by Crippen LogP contribution is -1.92. The summed E-state index contributed by atoms with van der Waals surface area (Å²) in [4.78, 5) is 14.4. The number of benzene rings is 1. The number of rotatable bonds is 3. The van der Waals surface area contributed by atoms with Crippen LogP contribution in [0, 0.1) is 0 Å². The van der Waals surface area contributed by atoms with Crippen molar-refractivity contribution in [2.24, 2.45) is 0 Å². The average Bonchev–Trinajstić information content (AvgIpc) is 2.68. The van der Waals surface area contributed by atoms with Gasteiger partial charge in [-0.3, -0.25) is 4.79 Å². The molecule has 0 unspecified atom stereocenters. The molecule has 0 fully saturated rings. The van der Waals surface area contributed by atoms with Crippen molar-refractivity contribution in [3.05, 3.63) is 29.6 Å². The van der Waals surface area contributed by atoms with Gasteiger partial charge in [0.15, 0.2) is 0 Å². The lowest BCUT2D eigenvalue weighted by atomic mass is 10.2. The number of phenols is 1. The largest absolute Gasteiger partial charge is 0.508 e. The van der Waals surface area contributed by atoms with Crippen LogP contribution in [-0.2, 0) is 4.79 Å². The van der Waals surface area contributed by atoms with Crippen molar-refractivity contribution in [2.75, 3.05) is 5.32 Å². The van der Waals surface area contributed by atoms with Crippen molar-refractivity contribution in [3.8, 4) is 16.3 Å². The molecule has 0 aliphatic carbocycles. The molecular weight excluding hydrogens is 212 g/mol. The van der Waals surface area contributed by atoms with Crippen LogP contribution in [0.1, 0.15) is 0 Å². The normalized spacial score (nSPS) is 9.87. The highest BCUT2D eigenvalue weighted by Crippen LogP contribution is 2.26.